The topological polar surface area (TPSA) is 49.0 Å². The number of carbonyl (C=O) groups excluding carboxylic acids is 1. The molecule has 0 saturated carbocycles. The molecule has 0 aliphatic carbocycles. The Kier molecular flexibility index (Phi) is 5.25. The Morgan fingerprint density at radius 2 is 1.96 bits per heavy atom. The van der Waals surface area contributed by atoms with Gasteiger partial charge < -0.3 is 9.88 Å². The van der Waals surface area contributed by atoms with Crippen molar-refractivity contribution >= 4 is 34.4 Å². The summed E-state index contributed by atoms with van der Waals surface area (Å²) in [7, 11) is 0. The number of carbonyl (C=O) groups is 1. The van der Waals surface area contributed by atoms with Crippen LogP contribution in [0.25, 0.3) is 11.0 Å². The number of thioether (sulfide) groups is 1. The zero-order chi connectivity index (χ0) is 17.8. The lowest BCUT2D eigenvalue weighted by Crippen LogP contribution is -2.35. The van der Waals surface area contributed by atoms with E-state index in [1.54, 1.807) is 11.8 Å². The highest BCUT2D eigenvalue weighted by Gasteiger charge is 2.21. The van der Waals surface area contributed by atoms with Crippen molar-refractivity contribution in [2.75, 3.05) is 17.2 Å². The number of fused-ring (bicyclic) bond motifs is 2. The lowest BCUT2D eigenvalue weighted by molar-refractivity contribution is -0.118. The number of imidazole rings is 1. The molecule has 0 unspecified atom stereocenters. The second kappa shape index (κ2) is 7.96. The van der Waals surface area contributed by atoms with Gasteiger partial charge in [0, 0.05) is 24.4 Å². The summed E-state index contributed by atoms with van der Waals surface area (Å²) < 4.78 is 0. The zero-order valence-electron chi connectivity index (χ0n) is 14.8. The van der Waals surface area contributed by atoms with E-state index in [0.29, 0.717) is 6.42 Å². The summed E-state index contributed by atoms with van der Waals surface area (Å²) in [6, 6.07) is 16.4. The van der Waals surface area contributed by atoms with E-state index >= 15 is 0 Å². The SMILES string of the molecule is O=C(CCCCSc1nc2ccccc2[nH]1)N1CCCc2ccccc21. The van der Waals surface area contributed by atoms with Crippen molar-refractivity contribution in [3.05, 3.63) is 54.1 Å². The standard InChI is InChI=1S/C21H23N3OS/c25-20(24-14-7-9-16-8-1-4-12-19(16)24)13-5-6-15-26-21-22-17-10-2-3-11-18(17)23-21/h1-4,8,10-12H,5-7,9,13-15H2,(H,22,23). The summed E-state index contributed by atoms with van der Waals surface area (Å²) in [4.78, 5) is 22.5. The number of H-pyrrole nitrogens is 1. The Hall–Kier alpha value is -2.27. The molecule has 26 heavy (non-hydrogen) atoms. The number of nitrogens with zero attached hydrogens (tertiary/aromatic N) is 2. The van der Waals surface area contributed by atoms with Crippen LogP contribution in [0.5, 0.6) is 0 Å². The van der Waals surface area contributed by atoms with Gasteiger partial charge in [-0.05, 0) is 49.4 Å². The first-order valence-corrected chi connectivity index (χ1v) is 10.3. The van der Waals surface area contributed by atoms with Crippen molar-refractivity contribution in [3.8, 4) is 0 Å². The summed E-state index contributed by atoms with van der Waals surface area (Å²) in [5.41, 5.74) is 4.50. The van der Waals surface area contributed by atoms with Crippen molar-refractivity contribution < 1.29 is 4.79 Å². The Balaban J connectivity index is 1.24. The maximum atomic E-state index is 12.6. The quantitative estimate of drug-likeness (QED) is 0.504. The first kappa shape index (κ1) is 17.2. The van der Waals surface area contributed by atoms with E-state index in [-0.39, 0.29) is 5.91 Å². The number of aryl methyl sites for hydroxylation is 1. The smallest absolute Gasteiger partial charge is 0.226 e. The van der Waals surface area contributed by atoms with Gasteiger partial charge in [0.25, 0.3) is 0 Å². The van der Waals surface area contributed by atoms with Crippen molar-refractivity contribution in [1.82, 2.24) is 9.97 Å². The van der Waals surface area contributed by atoms with E-state index in [0.717, 1.165) is 59.9 Å². The lowest BCUT2D eigenvalue weighted by Gasteiger charge is -2.29. The third-order valence-electron chi connectivity index (χ3n) is 4.80. The Morgan fingerprint density at radius 1 is 1.12 bits per heavy atom. The summed E-state index contributed by atoms with van der Waals surface area (Å²) in [5.74, 6) is 1.23. The largest absolute Gasteiger partial charge is 0.333 e. The van der Waals surface area contributed by atoms with Gasteiger partial charge in [0.05, 0.1) is 11.0 Å². The minimum atomic E-state index is 0.255. The van der Waals surface area contributed by atoms with Crippen LogP contribution < -0.4 is 4.90 Å². The molecule has 1 aliphatic rings. The average molecular weight is 366 g/mol. The molecule has 0 spiro atoms. The molecular formula is C21H23N3OS. The number of unbranched alkanes of at least 4 members (excludes halogenated alkanes) is 1. The highest BCUT2D eigenvalue weighted by Crippen LogP contribution is 2.27. The van der Waals surface area contributed by atoms with Crippen LogP contribution in [0.2, 0.25) is 0 Å². The zero-order valence-corrected chi connectivity index (χ0v) is 15.6. The second-order valence-electron chi connectivity index (χ2n) is 6.64. The van der Waals surface area contributed by atoms with Crippen molar-refractivity contribution in [1.29, 1.82) is 0 Å². The van der Waals surface area contributed by atoms with Gasteiger partial charge in [-0.3, -0.25) is 4.79 Å². The third-order valence-corrected chi connectivity index (χ3v) is 5.76. The normalized spacial score (nSPS) is 13.8. The molecule has 0 saturated heterocycles. The van der Waals surface area contributed by atoms with E-state index in [1.165, 1.54) is 5.56 Å². The van der Waals surface area contributed by atoms with Crippen LogP contribution in [0.3, 0.4) is 0 Å². The molecule has 4 nitrogen and oxygen atoms in total. The van der Waals surface area contributed by atoms with Crippen LogP contribution in [0.4, 0.5) is 5.69 Å². The van der Waals surface area contributed by atoms with E-state index < -0.39 is 0 Å². The van der Waals surface area contributed by atoms with E-state index in [4.69, 9.17) is 0 Å². The predicted octanol–water partition coefficient (Wildman–Crippen LogP) is 4.80. The fraction of sp³-hybridized carbons (Fsp3) is 0.333. The molecule has 4 rings (SSSR count). The van der Waals surface area contributed by atoms with E-state index in [2.05, 4.69) is 28.2 Å². The molecule has 0 bridgehead atoms. The van der Waals surface area contributed by atoms with Gasteiger partial charge >= 0.3 is 0 Å². The van der Waals surface area contributed by atoms with Crippen molar-refractivity contribution in [2.24, 2.45) is 0 Å². The molecule has 1 amide bonds. The number of benzene rings is 2. The number of para-hydroxylation sites is 3. The van der Waals surface area contributed by atoms with Crippen LogP contribution >= 0.6 is 11.8 Å². The number of hydrogen-bond donors (Lipinski definition) is 1. The van der Waals surface area contributed by atoms with Crippen LogP contribution in [0.15, 0.2) is 53.7 Å². The van der Waals surface area contributed by atoms with Gasteiger partial charge in [0.15, 0.2) is 5.16 Å². The highest BCUT2D eigenvalue weighted by atomic mass is 32.2. The maximum absolute atomic E-state index is 12.6. The van der Waals surface area contributed by atoms with Gasteiger partial charge in [-0.1, -0.05) is 42.1 Å². The number of rotatable bonds is 6. The van der Waals surface area contributed by atoms with Crippen molar-refractivity contribution in [3.63, 3.8) is 0 Å². The fourth-order valence-corrected chi connectivity index (χ4v) is 4.36. The molecular weight excluding hydrogens is 342 g/mol. The van der Waals surface area contributed by atoms with E-state index in [9.17, 15) is 4.79 Å². The molecule has 2 aromatic carbocycles. The monoisotopic (exact) mass is 365 g/mol. The minimum absolute atomic E-state index is 0.255. The molecule has 134 valence electrons. The van der Waals surface area contributed by atoms with Gasteiger partial charge in [-0.15, -0.1) is 0 Å². The van der Waals surface area contributed by atoms with Crippen LogP contribution in [0, 0.1) is 0 Å². The number of aromatic amines is 1. The van der Waals surface area contributed by atoms with E-state index in [1.807, 2.05) is 35.2 Å². The number of aromatic nitrogens is 2. The molecule has 0 radical (unpaired) electrons. The van der Waals surface area contributed by atoms with Crippen LogP contribution in [-0.2, 0) is 11.2 Å². The number of hydrogen-bond acceptors (Lipinski definition) is 3. The maximum Gasteiger partial charge on any atom is 0.226 e. The Morgan fingerprint density at radius 3 is 2.88 bits per heavy atom. The van der Waals surface area contributed by atoms with Crippen LogP contribution in [0.1, 0.15) is 31.2 Å². The van der Waals surface area contributed by atoms with Gasteiger partial charge in [-0.25, -0.2) is 4.98 Å². The van der Waals surface area contributed by atoms with Gasteiger partial charge in [-0.2, -0.15) is 0 Å². The summed E-state index contributed by atoms with van der Waals surface area (Å²) >= 11 is 1.73. The molecule has 0 fully saturated rings. The molecule has 1 aromatic heterocycles. The fourth-order valence-electron chi connectivity index (χ4n) is 3.47. The Bertz CT molecular complexity index is 872. The number of nitrogens with one attached hydrogen (secondary N) is 1. The average Bonchev–Trinajstić information content (AvgIpc) is 3.10. The summed E-state index contributed by atoms with van der Waals surface area (Å²) in [6.07, 6.45) is 4.70. The summed E-state index contributed by atoms with van der Waals surface area (Å²) in [5, 5.41) is 0.961. The molecule has 1 aliphatic heterocycles. The lowest BCUT2D eigenvalue weighted by atomic mass is 10.0. The number of anilines is 1. The predicted molar refractivity (Wildman–Crippen MR) is 108 cm³/mol. The summed E-state index contributed by atoms with van der Waals surface area (Å²) in [6.45, 7) is 0.851. The molecule has 1 N–H and O–H groups in total. The highest BCUT2D eigenvalue weighted by molar-refractivity contribution is 7.99. The Labute approximate surface area is 158 Å². The minimum Gasteiger partial charge on any atom is -0.333 e. The molecule has 2 heterocycles. The first-order chi connectivity index (χ1) is 12.8. The third kappa shape index (κ3) is 3.78. The second-order valence-corrected chi connectivity index (χ2v) is 7.73. The molecule has 3 aromatic rings. The first-order valence-electron chi connectivity index (χ1n) is 9.27. The van der Waals surface area contributed by atoms with Gasteiger partial charge in [0.1, 0.15) is 0 Å². The van der Waals surface area contributed by atoms with Crippen molar-refractivity contribution in [2.45, 2.75) is 37.3 Å². The molecule has 5 heteroatoms. The van der Waals surface area contributed by atoms with Crippen LogP contribution in [-0.4, -0.2) is 28.2 Å². The molecule has 0 atom stereocenters. The van der Waals surface area contributed by atoms with Gasteiger partial charge in [0.2, 0.25) is 5.91 Å². The number of amides is 1.